The topological polar surface area (TPSA) is 116 Å². The highest BCUT2D eigenvalue weighted by Crippen LogP contribution is 2.28. The van der Waals surface area contributed by atoms with Gasteiger partial charge in [0, 0.05) is 5.92 Å². The van der Waals surface area contributed by atoms with E-state index in [1.807, 2.05) is 4.72 Å². The average Bonchev–Trinajstić information content (AvgIpc) is 2.47. The predicted molar refractivity (Wildman–Crippen MR) is 79.0 cm³/mol. The van der Waals surface area contributed by atoms with Crippen LogP contribution in [0.1, 0.15) is 26.7 Å². The number of sulfonamides is 1. The van der Waals surface area contributed by atoms with Gasteiger partial charge in [0.1, 0.15) is 5.75 Å². The van der Waals surface area contributed by atoms with Crippen molar-refractivity contribution in [1.82, 2.24) is 4.72 Å². The molecule has 0 saturated heterocycles. The van der Waals surface area contributed by atoms with E-state index in [9.17, 15) is 23.3 Å². The van der Waals surface area contributed by atoms with Crippen LogP contribution in [0.4, 0.5) is 5.69 Å². The number of benzene rings is 1. The number of nitro benzene ring substituents is 1. The molecule has 122 valence electrons. The van der Waals surface area contributed by atoms with E-state index in [0.29, 0.717) is 12.8 Å². The minimum absolute atomic E-state index is 0.150. The van der Waals surface area contributed by atoms with Crippen molar-refractivity contribution in [2.24, 2.45) is 5.92 Å². The lowest BCUT2D eigenvalue weighted by atomic mass is 10.0. The molecule has 0 aliphatic rings. The average molecular weight is 330 g/mol. The first-order valence-corrected chi connectivity index (χ1v) is 8.14. The summed E-state index contributed by atoms with van der Waals surface area (Å²) in [6.07, 6.45) is 0.950. The Morgan fingerprint density at radius 3 is 2.41 bits per heavy atom. The fourth-order valence-electron chi connectivity index (χ4n) is 1.92. The summed E-state index contributed by atoms with van der Waals surface area (Å²) in [5.74, 6) is -0.987. The van der Waals surface area contributed by atoms with E-state index in [1.165, 1.54) is 13.2 Å². The van der Waals surface area contributed by atoms with Crippen LogP contribution >= 0.6 is 0 Å². The Morgan fingerprint density at radius 1 is 1.36 bits per heavy atom. The van der Waals surface area contributed by atoms with Gasteiger partial charge in [-0.05, 0) is 25.0 Å². The molecule has 0 saturated carbocycles. The SMILES string of the molecule is CCC(CC)C(=O)NS(=O)(=O)c1ccc(OC)cc1[N+](=O)[O-]. The maximum absolute atomic E-state index is 12.2. The van der Waals surface area contributed by atoms with Crippen molar-refractivity contribution in [3.05, 3.63) is 28.3 Å². The minimum Gasteiger partial charge on any atom is -0.497 e. The van der Waals surface area contributed by atoms with Crippen LogP contribution in [0.2, 0.25) is 0 Å². The molecule has 0 aliphatic heterocycles. The molecule has 0 aromatic heterocycles. The van der Waals surface area contributed by atoms with Crippen LogP contribution in [0, 0.1) is 16.0 Å². The predicted octanol–water partition coefficient (Wildman–Crippen LogP) is 1.84. The van der Waals surface area contributed by atoms with Crippen molar-refractivity contribution < 1.29 is 22.9 Å². The number of carbonyl (C=O) groups is 1. The molecule has 1 amide bonds. The first kappa shape index (κ1) is 17.9. The lowest BCUT2D eigenvalue weighted by molar-refractivity contribution is -0.387. The van der Waals surface area contributed by atoms with Crippen molar-refractivity contribution in [2.45, 2.75) is 31.6 Å². The van der Waals surface area contributed by atoms with Gasteiger partial charge in [-0.3, -0.25) is 14.9 Å². The van der Waals surface area contributed by atoms with E-state index in [-0.39, 0.29) is 5.75 Å². The smallest absolute Gasteiger partial charge is 0.293 e. The highest BCUT2D eigenvalue weighted by molar-refractivity contribution is 7.90. The summed E-state index contributed by atoms with van der Waals surface area (Å²) in [5, 5.41) is 11.0. The Kier molecular flexibility index (Phi) is 5.86. The summed E-state index contributed by atoms with van der Waals surface area (Å²) in [7, 11) is -3.01. The third kappa shape index (κ3) is 3.94. The van der Waals surface area contributed by atoms with Crippen LogP contribution in [0.3, 0.4) is 0 Å². The van der Waals surface area contributed by atoms with Crippen LogP contribution < -0.4 is 9.46 Å². The number of carbonyl (C=O) groups excluding carboxylic acids is 1. The summed E-state index contributed by atoms with van der Waals surface area (Å²) < 4.78 is 31.2. The van der Waals surface area contributed by atoms with E-state index in [0.717, 1.165) is 12.1 Å². The molecule has 22 heavy (non-hydrogen) atoms. The summed E-state index contributed by atoms with van der Waals surface area (Å²) in [6.45, 7) is 3.52. The quantitative estimate of drug-likeness (QED) is 0.602. The summed E-state index contributed by atoms with van der Waals surface area (Å²) in [5.41, 5.74) is -0.649. The molecule has 0 heterocycles. The number of amides is 1. The molecule has 0 spiro atoms. The van der Waals surface area contributed by atoms with E-state index < -0.39 is 37.4 Å². The van der Waals surface area contributed by atoms with Crippen LogP contribution in [0.5, 0.6) is 5.75 Å². The number of nitrogens with zero attached hydrogens (tertiary/aromatic N) is 1. The molecule has 1 N–H and O–H groups in total. The van der Waals surface area contributed by atoms with Crippen LogP contribution in [-0.2, 0) is 14.8 Å². The molecule has 0 fully saturated rings. The molecular formula is C13H18N2O6S. The number of rotatable bonds is 7. The highest BCUT2D eigenvalue weighted by atomic mass is 32.2. The monoisotopic (exact) mass is 330 g/mol. The second kappa shape index (κ2) is 7.21. The zero-order valence-electron chi connectivity index (χ0n) is 12.5. The zero-order valence-corrected chi connectivity index (χ0v) is 13.3. The molecule has 0 radical (unpaired) electrons. The van der Waals surface area contributed by atoms with Crippen LogP contribution in [-0.4, -0.2) is 26.4 Å². The number of ether oxygens (including phenoxy) is 1. The van der Waals surface area contributed by atoms with Gasteiger partial charge < -0.3 is 4.74 Å². The standard InChI is InChI=1S/C13H18N2O6S/c1-4-9(5-2)13(16)14-22(19,20)12-7-6-10(21-3)8-11(12)15(17)18/h6-9H,4-5H2,1-3H3,(H,14,16). The second-order valence-electron chi connectivity index (χ2n) is 4.57. The normalized spacial score (nSPS) is 11.3. The molecule has 0 atom stereocenters. The van der Waals surface area contributed by atoms with Crippen molar-refractivity contribution >= 4 is 21.6 Å². The van der Waals surface area contributed by atoms with Gasteiger partial charge >= 0.3 is 0 Å². The molecule has 0 aliphatic carbocycles. The van der Waals surface area contributed by atoms with Gasteiger partial charge in [0.15, 0.2) is 4.90 Å². The second-order valence-corrected chi connectivity index (χ2v) is 6.22. The Hall–Kier alpha value is -2.16. The Labute approximate surface area is 128 Å². The summed E-state index contributed by atoms with van der Waals surface area (Å²) in [6, 6.07) is 3.32. The molecule has 9 heteroatoms. The van der Waals surface area contributed by atoms with Crippen molar-refractivity contribution in [1.29, 1.82) is 0 Å². The van der Waals surface area contributed by atoms with E-state index >= 15 is 0 Å². The lowest BCUT2D eigenvalue weighted by Crippen LogP contribution is -2.35. The van der Waals surface area contributed by atoms with Gasteiger partial charge in [0.05, 0.1) is 18.1 Å². The van der Waals surface area contributed by atoms with Crippen LogP contribution in [0.25, 0.3) is 0 Å². The summed E-state index contributed by atoms with van der Waals surface area (Å²) in [4.78, 5) is 21.5. The molecule has 1 rings (SSSR count). The van der Waals surface area contributed by atoms with Crippen molar-refractivity contribution in [3.63, 3.8) is 0 Å². The molecule has 1 aromatic rings. The van der Waals surface area contributed by atoms with Gasteiger partial charge in [-0.25, -0.2) is 13.1 Å². The molecular weight excluding hydrogens is 312 g/mol. The van der Waals surface area contributed by atoms with E-state index in [2.05, 4.69) is 0 Å². The number of hydrogen-bond donors (Lipinski definition) is 1. The third-order valence-electron chi connectivity index (χ3n) is 3.24. The van der Waals surface area contributed by atoms with Crippen molar-refractivity contribution in [2.75, 3.05) is 7.11 Å². The lowest BCUT2D eigenvalue weighted by Gasteiger charge is -2.13. The maximum Gasteiger partial charge on any atom is 0.293 e. The number of methoxy groups -OCH3 is 1. The van der Waals surface area contributed by atoms with Gasteiger partial charge in [-0.2, -0.15) is 0 Å². The fourth-order valence-corrected chi connectivity index (χ4v) is 3.12. The molecule has 0 bridgehead atoms. The highest BCUT2D eigenvalue weighted by Gasteiger charge is 2.29. The Morgan fingerprint density at radius 2 is 1.95 bits per heavy atom. The maximum atomic E-state index is 12.2. The van der Waals surface area contributed by atoms with E-state index in [4.69, 9.17) is 4.74 Å². The zero-order chi connectivity index (χ0) is 16.9. The third-order valence-corrected chi connectivity index (χ3v) is 4.64. The molecule has 8 nitrogen and oxygen atoms in total. The fraction of sp³-hybridized carbons (Fsp3) is 0.462. The Bertz CT molecular complexity index is 667. The number of nitro groups is 1. The van der Waals surface area contributed by atoms with Gasteiger partial charge in [-0.15, -0.1) is 0 Å². The molecule has 1 aromatic carbocycles. The van der Waals surface area contributed by atoms with Gasteiger partial charge in [0.25, 0.3) is 15.7 Å². The number of hydrogen-bond acceptors (Lipinski definition) is 6. The largest absolute Gasteiger partial charge is 0.497 e. The molecule has 0 unspecified atom stereocenters. The first-order valence-electron chi connectivity index (χ1n) is 6.65. The van der Waals surface area contributed by atoms with Gasteiger partial charge in [0.2, 0.25) is 5.91 Å². The van der Waals surface area contributed by atoms with E-state index in [1.54, 1.807) is 13.8 Å². The minimum atomic E-state index is -4.32. The summed E-state index contributed by atoms with van der Waals surface area (Å²) >= 11 is 0. The number of nitrogens with one attached hydrogen (secondary N) is 1. The van der Waals surface area contributed by atoms with Crippen LogP contribution in [0.15, 0.2) is 23.1 Å². The van der Waals surface area contributed by atoms with Crippen molar-refractivity contribution in [3.8, 4) is 5.75 Å². The first-order chi connectivity index (χ1) is 10.3. The van der Waals surface area contributed by atoms with Gasteiger partial charge in [-0.1, -0.05) is 13.8 Å². The Balaban J connectivity index is 3.23.